The van der Waals surface area contributed by atoms with E-state index in [0.717, 1.165) is 49.4 Å². The van der Waals surface area contributed by atoms with Crippen molar-refractivity contribution in [3.05, 3.63) is 35.0 Å². The van der Waals surface area contributed by atoms with Crippen molar-refractivity contribution in [2.45, 2.75) is 39.5 Å². The summed E-state index contributed by atoms with van der Waals surface area (Å²) < 4.78 is 0. The number of para-hydroxylation sites is 1. The second-order valence-corrected chi connectivity index (χ2v) is 7.30. The second kappa shape index (κ2) is 5.15. The average Bonchev–Trinajstić information content (AvgIpc) is 3.10. The first-order valence-electron chi connectivity index (χ1n) is 8.55. The zero-order chi connectivity index (χ0) is 15.3. The van der Waals surface area contributed by atoms with Crippen molar-refractivity contribution in [1.82, 2.24) is 9.88 Å². The highest BCUT2D eigenvalue weighted by molar-refractivity contribution is 6.06. The van der Waals surface area contributed by atoms with E-state index in [4.69, 9.17) is 0 Å². The fraction of sp³-hybridized carbons (Fsp3) is 0.526. The third-order valence-corrected chi connectivity index (χ3v) is 5.41. The lowest BCUT2D eigenvalue weighted by atomic mass is 9.87. The Hall–Kier alpha value is -1.77. The van der Waals surface area contributed by atoms with E-state index in [9.17, 15) is 4.79 Å². The van der Waals surface area contributed by atoms with Crippen molar-refractivity contribution in [1.29, 1.82) is 0 Å². The molecule has 0 spiro atoms. The van der Waals surface area contributed by atoms with Gasteiger partial charge in [0.25, 0.3) is 5.91 Å². The lowest BCUT2D eigenvalue weighted by molar-refractivity contribution is 0.0790. The number of hydrogen-bond acceptors (Lipinski definition) is 1. The monoisotopic (exact) mass is 296 g/mol. The molecule has 1 aliphatic carbocycles. The van der Waals surface area contributed by atoms with Gasteiger partial charge < -0.3 is 9.88 Å². The highest BCUT2D eigenvalue weighted by Gasteiger charge is 2.27. The van der Waals surface area contributed by atoms with Crippen molar-refractivity contribution in [3.8, 4) is 0 Å². The molecule has 1 aromatic carbocycles. The van der Waals surface area contributed by atoms with Gasteiger partial charge in [-0.05, 0) is 49.1 Å². The Labute approximate surface area is 131 Å². The van der Waals surface area contributed by atoms with Crippen LogP contribution in [0.5, 0.6) is 0 Å². The number of aryl methyl sites for hydroxylation is 1. The number of H-pyrrole nitrogens is 1. The minimum absolute atomic E-state index is 0.196. The van der Waals surface area contributed by atoms with Crippen LogP contribution in [-0.4, -0.2) is 28.9 Å². The van der Waals surface area contributed by atoms with Gasteiger partial charge in [0.1, 0.15) is 0 Å². The van der Waals surface area contributed by atoms with Crippen molar-refractivity contribution in [2.75, 3.05) is 13.1 Å². The van der Waals surface area contributed by atoms with E-state index in [1.807, 2.05) is 17.0 Å². The number of fused-ring (bicyclic) bond motifs is 3. The van der Waals surface area contributed by atoms with Gasteiger partial charge in [-0.2, -0.15) is 0 Å². The molecule has 2 unspecified atom stereocenters. The zero-order valence-electron chi connectivity index (χ0n) is 13.5. The fourth-order valence-corrected chi connectivity index (χ4v) is 4.08. The molecule has 2 aliphatic rings. The van der Waals surface area contributed by atoms with Crippen LogP contribution in [0.25, 0.3) is 10.9 Å². The minimum atomic E-state index is 0.196. The lowest BCUT2D eigenvalue weighted by Crippen LogP contribution is -2.28. The summed E-state index contributed by atoms with van der Waals surface area (Å²) in [5, 5.41) is 1.26. The lowest BCUT2D eigenvalue weighted by Gasteiger charge is -2.18. The number of nitrogens with one attached hydrogen (secondary N) is 1. The van der Waals surface area contributed by atoms with Crippen LogP contribution in [0, 0.1) is 11.8 Å². The summed E-state index contributed by atoms with van der Waals surface area (Å²) in [5.74, 6) is 1.56. The molecule has 3 nitrogen and oxygen atoms in total. The van der Waals surface area contributed by atoms with Gasteiger partial charge in [0.2, 0.25) is 0 Å². The van der Waals surface area contributed by atoms with Gasteiger partial charge in [-0.1, -0.05) is 26.0 Å². The number of amides is 1. The molecule has 0 radical (unpaired) electrons. The number of likely N-dealkylation sites (tertiary alicyclic amines) is 1. The number of benzene rings is 1. The molecule has 0 saturated carbocycles. The van der Waals surface area contributed by atoms with Crippen LogP contribution in [0.4, 0.5) is 0 Å². The first kappa shape index (κ1) is 13.9. The zero-order valence-corrected chi connectivity index (χ0v) is 13.5. The number of carbonyl (C=O) groups is 1. The quantitative estimate of drug-likeness (QED) is 0.854. The van der Waals surface area contributed by atoms with Crippen molar-refractivity contribution >= 4 is 16.8 Å². The maximum absolute atomic E-state index is 12.9. The summed E-state index contributed by atoms with van der Waals surface area (Å²) in [5.41, 5.74) is 4.71. The molecule has 2 heterocycles. The van der Waals surface area contributed by atoms with Crippen LogP contribution in [0.3, 0.4) is 0 Å². The van der Waals surface area contributed by atoms with Crippen LogP contribution >= 0.6 is 0 Å². The summed E-state index contributed by atoms with van der Waals surface area (Å²) in [6, 6.07) is 6.20. The number of rotatable bonds is 1. The number of carbonyl (C=O) groups excluding carboxylic acids is 1. The van der Waals surface area contributed by atoms with Gasteiger partial charge in [-0.3, -0.25) is 4.79 Å². The molecule has 22 heavy (non-hydrogen) atoms. The normalized spacial score (nSPS) is 24.7. The first-order valence-corrected chi connectivity index (χ1v) is 8.55. The molecular formula is C19H24N2O. The van der Waals surface area contributed by atoms with E-state index in [0.29, 0.717) is 5.92 Å². The van der Waals surface area contributed by atoms with Gasteiger partial charge in [0.05, 0.1) is 11.1 Å². The third kappa shape index (κ3) is 2.15. The Balaban J connectivity index is 1.77. The molecule has 1 aliphatic heterocycles. The highest BCUT2D eigenvalue weighted by atomic mass is 16.2. The summed E-state index contributed by atoms with van der Waals surface area (Å²) in [6.07, 6.45) is 4.61. The van der Waals surface area contributed by atoms with Crippen LogP contribution in [0.2, 0.25) is 0 Å². The number of nitrogens with zero attached hydrogens (tertiary/aromatic N) is 1. The Morgan fingerprint density at radius 1 is 1.23 bits per heavy atom. The molecule has 3 heteroatoms. The van der Waals surface area contributed by atoms with Crippen LogP contribution < -0.4 is 0 Å². The highest BCUT2D eigenvalue weighted by Crippen LogP contribution is 2.33. The van der Waals surface area contributed by atoms with Gasteiger partial charge >= 0.3 is 0 Å². The Morgan fingerprint density at radius 3 is 2.86 bits per heavy atom. The smallest absolute Gasteiger partial charge is 0.255 e. The largest absolute Gasteiger partial charge is 0.358 e. The molecule has 1 N–H and O–H groups in total. The molecule has 1 amide bonds. The summed E-state index contributed by atoms with van der Waals surface area (Å²) in [6.45, 7) is 6.34. The van der Waals surface area contributed by atoms with Gasteiger partial charge in [0.15, 0.2) is 0 Å². The van der Waals surface area contributed by atoms with E-state index in [2.05, 4.69) is 24.9 Å². The van der Waals surface area contributed by atoms with Gasteiger partial charge in [0, 0.05) is 24.2 Å². The first-order chi connectivity index (χ1) is 10.6. The van der Waals surface area contributed by atoms with E-state index in [1.54, 1.807) is 0 Å². The molecule has 116 valence electrons. The van der Waals surface area contributed by atoms with E-state index in [-0.39, 0.29) is 5.91 Å². The number of aromatic nitrogens is 1. The molecule has 1 fully saturated rings. The number of hydrogen-bond donors (Lipinski definition) is 1. The second-order valence-electron chi connectivity index (χ2n) is 7.30. The van der Waals surface area contributed by atoms with Crippen molar-refractivity contribution in [3.63, 3.8) is 0 Å². The van der Waals surface area contributed by atoms with Crippen LogP contribution in [0.1, 0.15) is 48.3 Å². The molecule has 2 atom stereocenters. The van der Waals surface area contributed by atoms with E-state index < -0.39 is 0 Å². The minimum Gasteiger partial charge on any atom is -0.358 e. The molecule has 2 aromatic rings. The maximum Gasteiger partial charge on any atom is 0.255 e. The fourth-order valence-electron chi connectivity index (χ4n) is 4.08. The van der Waals surface area contributed by atoms with E-state index >= 15 is 0 Å². The molecule has 4 rings (SSSR count). The SMILES string of the molecule is CC1CCc2[nH]c3c(C(=O)N4CCC(C)C4)cccc3c2C1. The molecular weight excluding hydrogens is 272 g/mol. The Kier molecular flexibility index (Phi) is 3.24. The third-order valence-electron chi connectivity index (χ3n) is 5.41. The van der Waals surface area contributed by atoms with Crippen molar-refractivity contribution in [2.24, 2.45) is 11.8 Å². The molecule has 0 bridgehead atoms. The Bertz CT molecular complexity index is 730. The van der Waals surface area contributed by atoms with Crippen LogP contribution in [0.15, 0.2) is 18.2 Å². The van der Waals surface area contributed by atoms with E-state index in [1.165, 1.54) is 23.1 Å². The predicted octanol–water partition coefficient (Wildman–Crippen LogP) is 3.77. The van der Waals surface area contributed by atoms with Crippen LogP contribution in [-0.2, 0) is 12.8 Å². The molecule has 1 saturated heterocycles. The average molecular weight is 296 g/mol. The standard InChI is InChI=1S/C19H24N2O/c1-12-6-7-17-16(10-12)14-4-3-5-15(18(14)20-17)19(22)21-9-8-13(2)11-21/h3-5,12-13,20H,6-11H2,1-2H3. The summed E-state index contributed by atoms with van der Waals surface area (Å²) in [7, 11) is 0. The maximum atomic E-state index is 12.9. The Morgan fingerprint density at radius 2 is 2.09 bits per heavy atom. The van der Waals surface area contributed by atoms with Crippen molar-refractivity contribution < 1.29 is 4.79 Å². The van der Waals surface area contributed by atoms with Gasteiger partial charge in [-0.15, -0.1) is 0 Å². The summed E-state index contributed by atoms with van der Waals surface area (Å²) >= 11 is 0. The van der Waals surface area contributed by atoms with Gasteiger partial charge in [-0.25, -0.2) is 0 Å². The topological polar surface area (TPSA) is 36.1 Å². The number of aromatic amines is 1. The summed E-state index contributed by atoms with van der Waals surface area (Å²) in [4.78, 5) is 18.5. The predicted molar refractivity (Wildman–Crippen MR) is 89.2 cm³/mol. The molecule has 1 aromatic heterocycles.